The summed E-state index contributed by atoms with van der Waals surface area (Å²) in [7, 11) is 0. The zero-order valence-corrected chi connectivity index (χ0v) is 8.64. The van der Waals surface area contributed by atoms with Gasteiger partial charge < -0.3 is 14.9 Å². The van der Waals surface area contributed by atoms with Crippen molar-refractivity contribution < 1.29 is 19.7 Å². The molecule has 0 spiro atoms. The van der Waals surface area contributed by atoms with Crippen LogP contribution in [0.4, 0.5) is 0 Å². The van der Waals surface area contributed by atoms with E-state index in [1.165, 1.54) is 6.92 Å². The average Bonchev–Trinajstić information content (AvgIpc) is 2.01. The monoisotopic (exact) mass is 202 g/mol. The summed E-state index contributed by atoms with van der Waals surface area (Å²) in [5.41, 5.74) is 0. The van der Waals surface area contributed by atoms with Crippen molar-refractivity contribution in [3.8, 4) is 0 Å². The zero-order valence-electron chi connectivity index (χ0n) is 8.64. The number of esters is 1. The number of aliphatic hydroxyl groups excluding tert-OH is 2. The molecule has 0 aliphatic heterocycles. The smallest absolute Gasteiger partial charge is 0.302 e. The number of hydrogen-bond donors (Lipinski definition) is 2. The first-order chi connectivity index (χ1) is 6.52. The van der Waals surface area contributed by atoms with Crippen molar-refractivity contribution in [2.24, 2.45) is 0 Å². The standard InChI is InChI=1S/C10H18O4/c1-8(11)7-10(13)5-3-4-6-14-9(2)12/h3-4,8,10-11,13H,5-7H2,1-2H3/b4-3+/t8-,10+/m0/s1. The van der Waals surface area contributed by atoms with Gasteiger partial charge in [0, 0.05) is 6.92 Å². The molecule has 0 aliphatic carbocycles. The molecule has 2 atom stereocenters. The first kappa shape index (κ1) is 13.1. The summed E-state index contributed by atoms with van der Waals surface area (Å²) < 4.78 is 4.65. The average molecular weight is 202 g/mol. The van der Waals surface area contributed by atoms with Crippen LogP contribution < -0.4 is 0 Å². The first-order valence-corrected chi connectivity index (χ1v) is 4.67. The third-order valence-corrected chi connectivity index (χ3v) is 1.57. The van der Waals surface area contributed by atoms with Gasteiger partial charge in [-0.25, -0.2) is 0 Å². The summed E-state index contributed by atoms with van der Waals surface area (Å²) >= 11 is 0. The summed E-state index contributed by atoms with van der Waals surface area (Å²) in [5, 5.41) is 18.3. The predicted molar refractivity (Wildman–Crippen MR) is 52.7 cm³/mol. The normalized spacial score (nSPS) is 15.4. The van der Waals surface area contributed by atoms with Gasteiger partial charge in [-0.1, -0.05) is 12.2 Å². The van der Waals surface area contributed by atoms with Crippen LogP contribution in [0.15, 0.2) is 12.2 Å². The van der Waals surface area contributed by atoms with Crippen LogP contribution >= 0.6 is 0 Å². The van der Waals surface area contributed by atoms with Crippen LogP contribution in [0.2, 0.25) is 0 Å². The maximum Gasteiger partial charge on any atom is 0.302 e. The molecule has 0 saturated heterocycles. The van der Waals surface area contributed by atoms with E-state index in [1.54, 1.807) is 19.1 Å². The lowest BCUT2D eigenvalue weighted by molar-refractivity contribution is -0.139. The molecule has 0 aromatic rings. The Hall–Kier alpha value is -0.870. The van der Waals surface area contributed by atoms with Crippen LogP contribution in [0.5, 0.6) is 0 Å². The molecule has 0 saturated carbocycles. The minimum absolute atomic E-state index is 0.233. The molecule has 14 heavy (non-hydrogen) atoms. The first-order valence-electron chi connectivity index (χ1n) is 4.67. The lowest BCUT2D eigenvalue weighted by Crippen LogP contribution is -2.13. The molecule has 0 aromatic carbocycles. The highest BCUT2D eigenvalue weighted by Gasteiger charge is 2.04. The van der Waals surface area contributed by atoms with E-state index in [9.17, 15) is 9.90 Å². The van der Waals surface area contributed by atoms with Gasteiger partial charge in [0.05, 0.1) is 12.2 Å². The van der Waals surface area contributed by atoms with Crippen molar-refractivity contribution in [3.63, 3.8) is 0 Å². The van der Waals surface area contributed by atoms with E-state index in [1.807, 2.05) is 0 Å². The van der Waals surface area contributed by atoms with Gasteiger partial charge >= 0.3 is 5.97 Å². The molecule has 0 amide bonds. The van der Waals surface area contributed by atoms with Gasteiger partial charge in [0.1, 0.15) is 6.61 Å². The van der Waals surface area contributed by atoms with E-state index in [4.69, 9.17) is 5.11 Å². The van der Waals surface area contributed by atoms with Crippen LogP contribution in [0.25, 0.3) is 0 Å². The summed E-state index contributed by atoms with van der Waals surface area (Å²) in [4.78, 5) is 10.3. The number of carbonyl (C=O) groups is 1. The molecular weight excluding hydrogens is 184 g/mol. The molecule has 0 bridgehead atoms. The molecular formula is C10H18O4. The second-order valence-electron chi connectivity index (χ2n) is 3.25. The Balaban J connectivity index is 3.46. The summed E-state index contributed by atoms with van der Waals surface area (Å²) in [6.07, 6.45) is 3.20. The van der Waals surface area contributed by atoms with Crippen molar-refractivity contribution in [2.45, 2.75) is 38.9 Å². The Kier molecular flexibility index (Phi) is 7.06. The summed E-state index contributed by atoms with van der Waals surface area (Å²) in [6, 6.07) is 0. The lowest BCUT2D eigenvalue weighted by atomic mass is 10.1. The van der Waals surface area contributed by atoms with Crippen LogP contribution in [-0.2, 0) is 9.53 Å². The molecule has 4 nitrogen and oxygen atoms in total. The SMILES string of the molecule is CC(=O)OC/C=C/C[C@@H](O)C[C@H](C)O. The topological polar surface area (TPSA) is 66.8 Å². The number of carbonyl (C=O) groups excluding carboxylic acids is 1. The Labute approximate surface area is 84.2 Å². The highest BCUT2D eigenvalue weighted by atomic mass is 16.5. The van der Waals surface area contributed by atoms with E-state index in [-0.39, 0.29) is 12.6 Å². The Bertz CT molecular complexity index is 187. The largest absolute Gasteiger partial charge is 0.462 e. The third-order valence-electron chi connectivity index (χ3n) is 1.57. The minimum Gasteiger partial charge on any atom is -0.462 e. The minimum atomic E-state index is -0.538. The van der Waals surface area contributed by atoms with Crippen LogP contribution in [-0.4, -0.2) is 35.0 Å². The highest BCUT2D eigenvalue weighted by molar-refractivity contribution is 5.65. The molecule has 4 heteroatoms. The van der Waals surface area contributed by atoms with Gasteiger partial charge in [-0.3, -0.25) is 4.79 Å². The van der Waals surface area contributed by atoms with Crippen molar-refractivity contribution >= 4 is 5.97 Å². The summed E-state index contributed by atoms with van der Waals surface area (Å²) in [6.45, 7) is 3.21. The molecule has 0 aliphatic rings. The van der Waals surface area contributed by atoms with E-state index in [2.05, 4.69) is 4.74 Å². The van der Waals surface area contributed by atoms with Gasteiger partial charge in [-0.05, 0) is 19.8 Å². The predicted octanol–water partition coefficient (Wildman–Crippen LogP) is 0.628. The van der Waals surface area contributed by atoms with Gasteiger partial charge in [-0.15, -0.1) is 0 Å². The maximum atomic E-state index is 10.3. The van der Waals surface area contributed by atoms with Gasteiger partial charge in [-0.2, -0.15) is 0 Å². The molecule has 82 valence electrons. The van der Waals surface area contributed by atoms with E-state index in [0.29, 0.717) is 12.8 Å². The van der Waals surface area contributed by atoms with Crippen LogP contribution in [0.3, 0.4) is 0 Å². The van der Waals surface area contributed by atoms with Crippen molar-refractivity contribution in [1.82, 2.24) is 0 Å². The molecule has 2 N–H and O–H groups in total. The van der Waals surface area contributed by atoms with Crippen LogP contribution in [0, 0.1) is 0 Å². The lowest BCUT2D eigenvalue weighted by Gasteiger charge is -2.09. The fraction of sp³-hybridized carbons (Fsp3) is 0.700. The van der Waals surface area contributed by atoms with E-state index in [0.717, 1.165) is 0 Å². The fourth-order valence-electron chi connectivity index (χ4n) is 0.977. The second kappa shape index (κ2) is 7.53. The zero-order chi connectivity index (χ0) is 11.0. The number of aliphatic hydroxyl groups is 2. The number of ether oxygens (including phenoxy) is 1. The Morgan fingerprint density at radius 1 is 1.43 bits per heavy atom. The van der Waals surface area contributed by atoms with Crippen LogP contribution in [0.1, 0.15) is 26.7 Å². The van der Waals surface area contributed by atoms with Crippen molar-refractivity contribution in [3.05, 3.63) is 12.2 Å². The van der Waals surface area contributed by atoms with E-state index < -0.39 is 12.2 Å². The quantitative estimate of drug-likeness (QED) is 0.489. The number of hydrogen-bond acceptors (Lipinski definition) is 4. The van der Waals surface area contributed by atoms with Gasteiger partial charge in [0.25, 0.3) is 0 Å². The third kappa shape index (κ3) is 9.22. The Morgan fingerprint density at radius 2 is 2.07 bits per heavy atom. The van der Waals surface area contributed by atoms with Gasteiger partial charge in [0.15, 0.2) is 0 Å². The van der Waals surface area contributed by atoms with Gasteiger partial charge in [0.2, 0.25) is 0 Å². The molecule has 0 heterocycles. The maximum absolute atomic E-state index is 10.3. The summed E-state index contributed by atoms with van der Waals surface area (Å²) in [5.74, 6) is -0.320. The van der Waals surface area contributed by atoms with Crippen molar-refractivity contribution in [1.29, 1.82) is 0 Å². The fourth-order valence-corrected chi connectivity index (χ4v) is 0.977. The molecule has 0 radical (unpaired) electrons. The molecule has 0 rings (SSSR count). The molecule has 0 aromatic heterocycles. The highest BCUT2D eigenvalue weighted by Crippen LogP contribution is 2.02. The Morgan fingerprint density at radius 3 is 2.57 bits per heavy atom. The number of rotatable bonds is 6. The molecule has 0 unspecified atom stereocenters. The van der Waals surface area contributed by atoms with E-state index >= 15 is 0 Å². The second-order valence-corrected chi connectivity index (χ2v) is 3.25. The molecule has 0 fully saturated rings. The van der Waals surface area contributed by atoms with Crippen molar-refractivity contribution in [2.75, 3.05) is 6.61 Å².